The van der Waals surface area contributed by atoms with E-state index in [2.05, 4.69) is 39.6 Å². The minimum Gasteiger partial charge on any atom is -0.353 e. The maximum atomic E-state index is 12.1. The van der Waals surface area contributed by atoms with Crippen LogP contribution in [0.25, 0.3) is 0 Å². The lowest BCUT2D eigenvalue weighted by atomic mass is 9.95. The first kappa shape index (κ1) is 20.2. The molecule has 3 aliphatic rings. The van der Waals surface area contributed by atoms with Crippen molar-refractivity contribution >= 4 is 11.9 Å². The van der Waals surface area contributed by atoms with Crippen molar-refractivity contribution in [1.29, 1.82) is 0 Å². The summed E-state index contributed by atoms with van der Waals surface area (Å²) in [5.41, 5.74) is 0. The van der Waals surface area contributed by atoms with E-state index in [0.29, 0.717) is 12.0 Å². The van der Waals surface area contributed by atoms with Crippen LogP contribution in [0.2, 0.25) is 0 Å². The Labute approximate surface area is 173 Å². The molecule has 8 nitrogen and oxygen atoms in total. The number of amides is 1. The first-order valence-corrected chi connectivity index (χ1v) is 11.1. The summed E-state index contributed by atoms with van der Waals surface area (Å²) in [6.45, 7) is 5.21. The van der Waals surface area contributed by atoms with E-state index in [1.807, 2.05) is 4.68 Å². The molecular formula is C21H35N7O. The molecule has 2 fully saturated rings. The van der Waals surface area contributed by atoms with Gasteiger partial charge in [0.2, 0.25) is 5.91 Å². The third-order valence-corrected chi connectivity index (χ3v) is 6.66. The molecule has 2 heterocycles. The zero-order valence-electron chi connectivity index (χ0n) is 18.2. The number of nitrogens with one attached hydrogen (secondary N) is 2. The molecular weight excluding hydrogens is 366 g/mol. The van der Waals surface area contributed by atoms with E-state index in [-0.39, 0.29) is 18.5 Å². The number of carbonyl (C=O) groups excluding carboxylic acids is 1. The molecule has 4 rings (SSSR count). The number of guanidine groups is 1. The van der Waals surface area contributed by atoms with Gasteiger partial charge in [-0.1, -0.05) is 20.3 Å². The number of likely N-dealkylation sites (N-methyl/N-ethyl adjacent to an activating group) is 1. The second-order valence-electron chi connectivity index (χ2n) is 9.48. The van der Waals surface area contributed by atoms with Crippen LogP contribution in [0.5, 0.6) is 0 Å². The molecule has 2 saturated carbocycles. The maximum Gasteiger partial charge on any atom is 0.243 e. The van der Waals surface area contributed by atoms with Crippen molar-refractivity contribution in [1.82, 2.24) is 30.3 Å². The highest BCUT2D eigenvalue weighted by Gasteiger charge is 2.40. The van der Waals surface area contributed by atoms with Crippen LogP contribution in [0.4, 0.5) is 0 Å². The number of hydrogen-bond donors (Lipinski definition) is 2. The monoisotopic (exact) mass is 401 g/mol. The predicted molar refractivity (Wildman–Crippen MR) is 113 cm³/mol. The van der Waals surface area contributed by atoms with E-state index < -0.39 is 0 Å². The zero-order valence-corrected chi connectivity index (χ0v) is 18.2. The number of aromatic nitrogens is 3. The van der Waals surface area contributed by atoms with E-state index in [1.165, 1.54) is 25.7 Å². The third-order valence-electron chi connectivity index (χ3n) is 6.66. The molecule has 8 heteroatoms. The van der Waals surface area contributed by atoms with Crippen molar-refractivity contribution in [3.63, 3.8) is 0 Å². The van der Waals surface area contributed by atoms with Gasteiger partial charge in [-0.15, -0.1) is 0 Å². The smallest absolute Gasteiger partial charge is 0.243 e. The Balaban J connectivity index is 1.43. The van der Waals surface area contributed by atoms with Gasteiger partial charge in [0.05, 0.1) is 6.54 Å². The lowest BCUT2D eigenvalue weighted by molar-refractivity contribution is -0.127. The maximum absolute atomic E-state index is 12.1. The van der Waals surface area contributed by atoms with Gasteiger partial charge in [-0.3, -0.25) is 4.79 Å². The molecule has 0 spiro atoms. The summed E-state index contributed by atoms with van der Waals surface area (Å²) in [5, 5.41) is 11.9. The molecule has 0 saturated heterocycles. The Morgan fingerprint density at radius 3 is 2.72 bits per heavy atom. The van der Waals surface area contributed by atoms with Crippen molar-refractivity contribution in [2.45, 2.75) is 76.9 Å². The highest BCUT2D eigenvalue weighted by Crippen LogP contribution is 2.44. The SMILES string of the molecule is CC(C)c1nc2n(n1)CC(NC(=NCC(=O)N(C)C)NC1CC3CCC1C3)CC2. The van der Waals surface area contributed by atoms with Crippen LogP contribution in [0.15, 0.2) is 4.99 Å². The van der Waals surface area contributed by atoms with Crippen LogP contribution in [0.3, 0.4) is 0 Å². The molecule has 2 aliphatic carbocycles. The molecule has 0 aromatic carbocycles. The quantitative estimate of drug-likeness (QED) is 0.577. The number of carbonyl (C=O) groups is 1. The third kappa shape index (κ3) is 4.56. The first-order chi connectivity index (χ1) is 13.9. The van der Waals surface area contributed by atoms with Crippen molar-refractivity contribution in [2.24, 2.45) is 16.8 Å². The molecule has 1 aromatic rings. The van der Waals surface area contributed by atoms with E-state index in [4.69, 9.17) is 0 Å². The van der Waals surface area contributed by atoms with E-state index >= 15 is 0 Å². The minimum absolute atomic E-state index is 0.0165. The van der Waals surface area contributed by atoms with E-state index in [0.717, 1.165) is 48.8 Å². The fraction of sp³-hybridized carbons (Fsp3) is 0.810. The van der Waals surface area contributed by atoms with Gasteiger partial charge in [-0.25, -0.2) is 14.7 Å². The Morgan fingerprint density at radius 2 is 2.07 bits per heavy atom. The van der Waals surface area contributed by atoms with Gasteiger partial charge in [-0.05, 0) is 37.5 Å². The summed E-state index contributed by atoms with van der Waals surface area (Å²) in [4.78, 5) is 23.0. The molecule has 2 bridgehead atoms. The van der Waals surface area contributed by atoms with Gasteiger partial charge in [0.25, 0.3) is 0 Å². The lowest BCUT2D eigenvalue weighted by Crippen LogP contribution is -2.51. The minimum atomic E-state index is 0.0165. The fourth-order valence-corrected chi connectivity index (χ4v) is 4.90. The topological polar surface area (TPSA) is 87.4 Å². The van der Waals surface area contributed by atoms with Crippen molar-refractivity contribution < 1.29 is 4.79 Å². The van der Waals surface area contributed by atoms with Crippen LogP contribution in [0, 0.1) is 11.8 Å². The van der Waals surface area contributed by atoms with E-state index in [1.54, 1.807) is 19.0 Å². The molecule has 1 aliphatic heterocycles. The van der Waals surface area contributed by atoms with Crippen LogP contribution >= 0.6 is 0 Å². The predicted octanol–water partition coefficient (Wildman–Crippen LogP) is 1.53. The second-order valence-corrected chi connectivity index (χ2v) is 9.48. The van der Waals surface area contributed by atoms with Crippen molar-refractivity contribution in [3.8, 4) is 0 Å². The van der Waals surface area contributed by atoms with Gasteiger partial charge in [-0.2, -0.15) is 5.10 Å². The van der Waals surface area contributed by atoms with Crippen LogP contribution in [-0.4, -0.2) is 64.3 Å². The standard InChI is InChI=1S/C21H35N7O/c1-13(2)20-25-18-8-7-16(12-28(18)26-20)23-21(22-11-19(29)27(3)4)24-17-10-14-5-6-15(17)9-14/h13-17H,5-12H2,1-4H3,(H2,22,23,24). The lowest BCUT2D eigenvalue weighted by Gasteiger charge is -2.29. The van der Waals surface area contributed by atoms with Gasteiger partial charge < -0.3 is 15.5 Å². The highest BCUT2D eigenvalue weighted by atomic mass is 16.2. The Hall–Kier alpha value is -2.12. The summed E-state index contributed by atoms with van der Waals surface area (Å²) in [6.07, 6.45) is 7.16. The summed E-state index contributed by atoms with van der Waals surface area (Å²) in [6, 6.07) is 0.719. The van der Waals surface area contributed by atoms with Gasteiger partial charge in [0.15, 0.2) is 11.8 Å². The number of aliphatic imine (C=N–C) groups is 1. The average Bonchev–Trinajstić information content (AvgIpc) is 3.40. The molecule has 160 valence electrons. The van der Waals surface area contributed by atoms with Gasteiger partial charge >= 0.3 is 0 Å². The van der Waals surface area contributed by atoms with Crippen LogP contribution < -0.4 is 10.6 Å². The largest absolute Gasteiger partial charge is 0.353 e. The molecule has 4 atom stereocenters. The average molecular weight is 402 g/mol. The summed E-state index contributed by atoms with van der Waals surface area (Å²) in [5.74, 6) is 4.74. The fourth-order valence-electron chi connectivity index (χ4n) is 4.90. The van der Waals surface area contributed by atoms with Crippen molar-refractivity contribution in [3.05, 3.63) is 11.6 Å². The molecule has 1 aromatic heterocycles. The zero-order chi connectivity index (χ0) is 20.5. The summed E-state index contributed by atoms with van der Waals surface area (Å²) >= 11 is 0. The molecule has 2 N–H and O–H groups in total. The van der Waals surface area contributed by atoms with Gasteiger partial charge in [0, 0.05) is 38.5 Å². The number of aryl methyl sites for hydroxylation is 1. The Morgan fingerprint density at radius 1 is 1.24 bits per heavy atom. The second kappa shape index (κ2) is 8.32. The molecule has 1 amide bonds. The molecule has 4 unspecified atom stereocenters. The molecule has 29 heavy (non-hydrogen) atoms. The first-order valence-electron chi connectivity index (χ1n) is 11.1. The molecule has 0 radical (unpaired) electrons. The van der Waals surface area contributed by atoms with Crippen LogP contribution in [-0.2, 0) is 17.8 Å². The summed E-state index contributed by atoms with van der Waals surface area (Å²) < 4.78 is 2.04. The van der Waals surface area contributed by atoms with E-state index in [9.17, 15) is 4.79 Å². The van der Waals surface area contributed by atoms with Gasteiger partial charge in [0.1, 0.15) is 12.4 Å². The highest BCUT2D eigenvalue weighted by molar-refractivity contribution is 5.85. The number of hydrogen-bond acceptors (Lipinski definition) is 4. The summed E-state index contributed by atoms with van der Waals surface area (Å²) in [7, 11) is 3.54. The van der Waals surface area contributed by atoms with Crippen LogP contribution in [0.1, 0.15) is 63.5 Å². The Bertz CT molecular complexity index is 769. The van der Waals surface area contributed by atoms with Crippen molar-refractivity contribution in [2.75, 3.05) is 20.6 Å². The Kier molecular flexibility index (Phi) is 5.79. The number of fused-ring (bicyclic) bond motifs is 3. The normalized spacial score (nSPS) is 28.5. The number of rotatable bonds is 5. The number of nitrogens with zero attached hydrogens (tertiary/aromatic N) is 5.